The van der Waals surface area contributed by atoms with Crippen LogP contribution in [0.5, 0.6) is 17.2 Å². The average Bonchev–Trinajstić information content (AvgIpc) is 2.86. The molecule has 2 aliphatic rings. The molecule has 0 bridgehead atoms. The van der Waals surface area contributed by atoms with Crippen molar-refractivity contribution in [3.05, 3.63) is 16.7 Å². The number of hydrogen-bond acceptors (Lipinski definition) is 4. The smallest absolute Gasteiger partial charge is 0.165 e. The fraction of sp³-hybridized carbons (Fsp3) is 0.625. The number of hydrogen-bond donors (Lipinski definition) is 2. The fourth-order valence-electron chi connectivity index (χ4n) is 3.22. The van der Waals surface area contributed by atoms with Gasteiger partial charge in [0.25, 0.3) is 0 Å². The molecule has 0 aliphatic carbocycles. The minimum atomic E-state index is -0.320. The van der Waals surface area contributed by atoms with Crippen LogP contribution in [0.2, 0.25) is 0 Å². The summed E-state index contributed by atoms with van der Waals surface area (Å²) >= 11 is 0. The Morgan fingerprint density at radius 3 is 2.25 bits per heavy atom. The van der Waals surface area contributed by atoms with Crippen molar-refractivity contribution in [1.29, 1.82) is 0 Å². The molecule has 2 unspecified atom stereocenters. The van der Waals surface area contributed by atoms with Gasteiger partial charge in [-0.1, -0.05) is 0 Å². The van der Waals surface area contributed by atoms with Crippen molar-refractivity contribution in [3.8, 4) is 17.2 Å². The van der Waals surface area contributed by atoms with E-state index in [1.807, 2.05) is 27.7 Å². The summed E-state index contributed by atoms with van der Waals surface area (Å²) in [5, 5.41) is 10.5. The van der Waals surface area contributed by atoms with Gasteiger partial charge >= 0.3 is 0 Å². The van der Waals surface area contributed by atoms with Gasteiger partial charge in [0.05, 0.1) is 0 Å². The Bertz CT molecular complexity index is 521. The van der Waals surface area contributed by atoms with Crippen LogP contribution < -0.4 is 15.2 Å². The van der Waals surface area contributed by atoms with Gasteiger partial charge in [0, 0.05) is 35.1 Å². The third kappa shape index (κ3) is 2.12. The number of fused-ring (bicyclic) bond motifs is 2. The zero-order chi connectivity index (χ0) is 14.7. The first-order chi connectivity index (χ1) is 9.26. The molecular formula is C16H23NO3. The minimum absolute atomic E-state index is 0.0930. The minimum Gasteiger partial charge on any atom is -0.504 e. The van der Waals surface area contributed by atoms with Crippen LogP contribution in [0.3, 0.4) is 0 Å². The zero-order valence-corrected chi connectivity index (χ0v) is 12.6. The number of aromatic hydroxyl groups is 1. The number of nitrogens with two attached hydrogens (primary N) is 1. The molecule has 0 aromatic heterocycles. The second kappa shape index (κ2) is 4.29. The van der Waals surface area contributed by atoms with E-state index in [-0.39, 0.29) is 23.5 Å². The van der Waals surface area contributed by atoms with Crippen LogP contribution in [0.15, 0.2) is 0 Å². The summed E-state index contributed by atoms with van der Waals surface area (Å²) in [5.74, 6) is 1.75. The molecule has 1 aromatic carbocycles. The van der Waals surface area contributed by atoms with Crippen LogP contribution in [-0.2, 0) is 19.3 Å². The summed E-state index contributed by atoms with van der Waals surface area (Å²) in [6, 6.07) is 0. The Morgan fingerprint density at radius 1 is 1.10 bits per heavy atom. The lowest BCUT2D eigenvalue weighted by molar-refractivity contribution is 0.244. The quantitative estimate of drug-likeness (QED) is 0.870. The average molecular weight is 277 g/mol. The lowest BCUT2D eigenvalue weighted by Crippen LogP contribution is -2.35. The maximum atomic E-state index is 10.5. The Labute approximate surface area is 119 Å². The van der Waals surface area contributed by atoms with E-state index in [1.54, 1.807) is 0 Å². The van der Waals surface area contributed by atoms with Crippen LogP contribution in [0, 0.1) is 0 Å². The van der Waals surface area contributed by atoms with Gasteiger partial charge < -0.3 is 20.3 Å². The second-order valence-electron chi connectivity index (χ2n) is 6.87. The van der Waals surface area contributed by atoms with E-state index >= 15 is 0 Å². The Kier molecular flexibility index (Phi) is 2.91. The van der Waals surface area contributed by atoms with Crippen molar-refractivity contribution in [2.45, 2.75) is 64.7 Å². The van der Waals surface area contributed by atoms with Crippen molar-refractivity contribution < 1.29 is 14.6 Å². The van der Waals surface area contributed by atoms with Gasteiger partial charge in [-0.05, 0) is 34.1 Å². The van der Waals surface area contributed by atoms with Crippen LogP contribution in [0.1, 0.15) is 44.4 Å². The van der Waals surface area contributed by atoms with Crippen LogP contribution >= 0.6 is 0 Å². The highest BCUT2D eigenvalue weighted by Crippen LogP contribution is 2.51. The third-order valence-electron chi connectivity index (χ3n) is 3.94. The van der Waals surface area contributed by atoms with Crippen molar-refractivity contribution >= 4 is 0 Å². The summed E-state index contributed by atoms with van der Waals surface area (Å²) in [5.41, 5.74) is 8.95. The normalized spacial score (nSPS) is 24.1. The van der Waals surface area contributed by atoms with E-state index in [9.17, 15) is 5.11 Å². The fourth-order valence-corrected chi connectivity index (χ4v) is 3.22. The van der Waals surface area contributed by atoms with Gasteiger partial charge in [-0.15, -0.1) is 0 Å². The molecule has 3 N–H and O–H groups in total. The highest BCUT2D eigenvalue weighted by Gasteiger charge is 2.36. The topological polar surface area (TPSA) is 64.7 Å². The molecule has 2 atom stereocenters. The Balaban J connectivity index is 2.18. The summed E-state index contributed by atoms with van der Waals surface area (Å²) in [4.78, 5) is 0. The molecule has 4 heteroatoms. The third-order valence-corrected chi connectivity index (χ3v) is 3.94. The second-order valence-corrected chi connectivity index (χ2v) is 6.87. The van der Waals surface area contributed by atoms with E-state index in [2.05, 4.69) is 0 Å². The van der Waals surface area contributed by atoms with Crippen LogP contribution in [0.25, 0.3) is 0 Å². The van der Waals surface area contributed by atoms with Crippen molar-refractivity contribution in [1.82, 2.24) is 0 Å². The van der Waals surface area contributed by atoms with E-state index < -0.39 is 0 Å². The first kappa shape index (κ1) is 13.6. The molecule has 20 heavy (non-hydrogen) atoms. The lowest BCUT2D eigenvalue weighted by Gasteiger charge is -2.22. The molecular weight excluding hydrogens is 254 g/mol. The van der Waals surface area contributed by atoms with E-state index in [0.29, 0.717) is 5.75 Å². The zero-order valence-electron chi connectivity index (χ0n) is 12.6. The van der Waals surface area contributed by atoms with Crippen molar-refractivity contribution in [2.75, 3.05) is 0 Å². The van der Waals surface area contributed by atoms with Crippen LogP contribution in [0.4, 0.5) is 0 Å². The van der Waals surface area contributed by atoms with Gasteiger partial charge in [0.1, 0.15) is 18.0 Å². The number of phenols is 1. The lowest BCUT2D eigenvalue weighted by atomic mass is 9.88. The van der Waals surface area contributed by atoms with Gasteiger partial charge in [-0.25, -0.2) is 0 Å². The molecule has 0 saturated carbocycles. The molecule has 0 spiro atoms. The molecule has 110 valence electrons. The highest BCUT2D eigenvalue weighted by atomic mass is 16.5. The predicted molar refractivity (Wildman–Crippen MR) is 77.7 cm³/mol. The Hall–Kier alpha value is -1.42. The molecule has 4 nitrogen and oxygen atoms in total. The monoisotopic (exact) mass is 277 g/mol. The largest absolute Gasteiger partial charge is 0.504 e. The van der Waals surface area contributed by atoms with E-state index in [1.165, 1.54) is 0 Å². The standard InChI is InChI=1S/C16H23NO3/c1-8-5-10-12(7-16(3,4)17)14-11(6-9(2)19-14)13(18)15(10)20-8/h8-9,18H,5-7,17H2,1-4H3. The molecule has 2 heterocycles. The molecule has 0 fully saturated rings. The summed E-state index contributed by atoms with van der Waals surface area (Å²) in [6.45, 7) is 8.06. The van der Waals surface area contributed by atoms with Crippen molar-refractivity contribution in [2.24, 2.45) is 5.73 Å². The van der Waals surface area contributed by atoms with Gasteiger partial charge in [0.15, 0.2) is 11.5 Å². The van der Waals surface area contributed by atoms with Crippen LogP contribution in [-0.4, -0.2) is 22.9 Å². The summed E-state index contributed by atoms with van der Waals surface area (Å²) < 4.78 is 11.8. The molecule has 2 aliphatic heterocycles. The molecule has 0 amide bonds. The van der Waals surface area contributed by atoms with Gasteiger partial charge in [-0.3, -0.25) is 0 Å². The number of benzene rings is 1. The number of rotatable bonds is 2. The maximum absolute atomic E-state index is 10.5. The molecule has 0 saturated heterocycles. The molecule has 0 radical (unpaired) electrons. The summed E-state index contributed by atoms with van der Waals surface area (Å²) in [7, 11) is 0. The number of ether oxygens (including phenoxy) is 2. The molecule has 3 rings (SSSR count). The SMILES string of the molecule is CC1Cc2c(CC(C)(C)N)c3c(c(O)c2O1)CC(C)O3. The first-order valence-electron chi connectivity index (χ1n) is 7.28. The summed E-state index contributed by atoms with van der Waals surface area (Å²) in [6.07, 6.45) is 2.44. The number of phenolic OH excluding ortho intramolecular Hbond substituents is 1. The first-order valence-corrected chi connectivity index (χ1v) is 7.28. The predicted octanol–water partition coefficient (Wildman–Crippen LogP) is 2.32. The van der Waals surface area contributed by atoms with Gasteiger partial charge in [-0.2, -0.15) is 0 Å². The van der Waals surface area contributed by atoms with Gasteiger partial charge in [0.2, 0.25) is 0 Å². The van der Waals surface area contributed by atoms with Crippen molar-refractivity contribution in [3.63, 3.8) is 0 Å². The molecule has 1 aromatic rings. The van der Waals surface area contributed by atoms with E-state index in [4.69, 9.17) is 15.2 Å². The Morgan fingerprint density at radius 2 is 1.65 bits per heavy atom. The maximum Gasteiger partial charge on any atom is 0.165 e. The van der Waals surface area contributed by atoms with E-state index in [0.717, 1.165) is 41.7 Å². The highest BCUT2D eigenvalue weighted by molar-refractivity contribution is 5.65.